The van der Waals surface area contributed by atoms with Crippen molar-refractivity contribution in [2.75, 3.05) is 35.7 Å². The normalized spacial score (nSPS) is 15.7. The van der Waals surface area contributed by atoms with Gasteiger partial charge in [0.25, 0.3) is 17.6 Å². The molecule has 0 unspecified atom stereocenters. The van der Waals surface area contributed by atoms with E-state index in [-0.39, 0.29) is 38.1 Å². The molecule has 1 spiro atoms. The maximum Gasteiger partial charge on any atom is 0.293 e. The van der Waals surface area contributed by atoms with Gasteiger partial charge in [-0.25, -0.2) is 0 Å². The monoisotopic (exact) mass is 506 g/mol. The van der Waals surface area contributed by atoms with Gasteiger partial charge in [-0.1, -0.05) is 35.9 Å². The number of para-hydroxylation sites is 2. The molecule has 2 aliphatic rings. The zero-order chi connectivity index (χ0) is 25.3. The standard InChI is InChI=1S/C26H23ClN4O5/c27-18-9-10-22-19(13-18)26(35-11-12-36-26)25(34)31(22)15-23(32)29-14-16-5-7-17(8-6-16)24(33)30-21-4-2-1-3-20(21)28/h1-10,13H,11-12,14-15,28H2,(H,29,32)(H,30,33). The van der Waals surface area contributed by atoms with Crippen molar-refractivity contribution in [2.45, 2.75) is 12.3 Å². The van der Waals surface area contributed by atoms with Crippen molar-refractivity contribution in [1.29, 1.82) is 0 Å². The Hall–Kier alpha value is -3.92. The SMILES string of the molecule is Nc1ccccc1NC(=O)c1ccc(CNC(=O)CN2C(=O)C3(OCCO3)c3cc(Cl)ccc32)cc1. The molecule has 0 atom stereocenters. The molecule has 3 aromatic carbocycles. The molecule has 0 aliphatic carbocycles. The third-order valence-electron chi connectivity index (χ3n) is 6.04. The largest absolute Gasteiger partial charge is 0.397 e. The molecule has 3 aromatic rings. The van der Waals surface area contributed by atoms with E-state index in [4.69, 9.17) is 26.8 Å². The van der Waals surface area contributed by atoms with Gasteiger partial charge in [-0.15, -0.1) is 0 Å². The fourth-order valence-electron chi connectivity index (χ4n) is 4.24. The molecule has 0 saturated carbocycles. The number of carbonyl (C=O) groups is 3. The zero-order valence-electron chi connectivity index (χ0n) is 19.1. The second kappa shape index (κ2) is 9.62. The lowest BCUT2D eigenvalue weighted by molar-refractivity contribution is -0.180. The summed E-state index contributed by atoms with van der Waals surface area (Å²) in [7, 11) is 0. The Kier molecular flexibility index (Phi) is 6.36. The average molecular weight is 507 g/mol. The summed E-state index contributed by atoms with van der Waals surface area (Å²) < 4.78 is 11.3. The van der Waals surface area contributed by atoms with Crippen LogP contribution in [0.3, 0.4) is 0 Å². The second-order valence-electron chi connectivity index (χ2n) is 8.38. The summed E-state index contributed by atoms with van der Waals surface area (Å²) >= 11 is 6.13. The van der Waals surface area contributed by atoms with Crippen molar-refractivity contribution >= 4 is 46.4 Å². The summed E-state index contributed by atoms with van der Waals surface area (Å²) in [6.07, 6.45) is 0. The van der Waals surface area contributed by atoms with Gasteiger partial charge >= 0.3 is 0 Å². The first-order valence-corrected chi connectivity index (χ1v) is 11.7. The molecular weight excluding hydrogens is 484 g/mol. The Morgan fingerprint density at radius 3 is 2.47 bits per heavy atom. The lowest BCUT2D eigenvalue weighted by Gasteiger charge is -2.21. The van der Waals surface area contributed by atoms with Crippen LogP contribution in [0.4, 0.5) is 17.1 Å². The van der Waals surface area contributed by atoms with Gasteiger partial charge in [-0.2, -0.15) is 0 Å². The Bertz CT molecular complexity index is 1340. The van der Waals surface area contributed by atoms with Crippen LogP contribution in [0, 0.1) is 0 Å². The summed E-state index contributed by atoms with van der Waals surface area (Å²) in [5.41, 5.74) is 9.15. The molecule has 36 heavy (non-hydrogen) atoms. The van der Waals surface area contributed by atoms with Crippen LogP contribution in [-0.4, -0.2) is 37.5 Å². The second-order valence-corrected chi connectivity index (χ2v) is 8.82. The number of hydrogen-bond donors (Lipinski definition) is 3. The molecule has 0 aromatic heterocycles. The first kappa shape index (κ1) is 23.8. The van der Waals surface area contributed by atoms with Crippen LogP contribution in [0.25, 0.3) is 0 Å². The Morgan fingerprint density at radius 2 is 1.75 bits per heavy atom. The molecular formula is C26H23ClN4O5. The number of amides is 3. The Balaban J connectivity index is 1.21. The Morgan fingerprint density at radius 1 is 1.03 bits per heavy atom. The van der Waals surface area contributed by atoms with Crippen molar-refractivity contribution in [3.05, 3.63) is 88.4 Å². The minimum absolute atomic E-state index is 0.207. The van der Waals surface area contributed by atoms with Crippen molar-refractivity contribution in [2.24, 2.45) is 0 Å². The zero-order valence-corrected chi connectivity index (χ0v) is 19.9. The molecule has 5 rings (SSSR count). The summed E-state index contributed by atoms with van der Waals surface area (Å²) in [4.78, 5) is 39.7. The number of anilines is 3. The van der Waals surface area contributed by atoms with Crippen LogP contribution in [-0.2, 0) is 31.4 Å². The Labute approximate surface area is 212 Å². The van der Waals surface area contributed by atoms with E-state index in [0.29, 0.717) is 33.2 Å². The lowest BCUT2D eigenvalue weighted by Crippen LogP contribution is -2.45. The van der Waals surface area contributed by atoms with Gasteiger partial charge in [0.05, 0.1) is 30.3 Å². The van der Waals surface area contributed by atoms with Crippen molar-refractivity contribution in [3.63, 3.8) is 0 Å². The summed E-state index contributed by atoms with van der Waals surface area (Å²) in [6.45, 7) is 0.551. The molecule has 2 heterocycles. The molecule has 2 aliphatic heterocycles. The van der Waals surface area contributed by atoms with E-state index in [2.05, 4.69) is 10.6 Å². The lowest BCUT2D eigenvalue weighted by atomic mass is 10.1. The molecule has 0 radical (unpaired) electrons. The molecule has 3 amide bonds. The van der Waals surface area contributed by atoms with E-state index in [1.807, 2.05) is 0 Å². The number of nitrogens with two attached hydrogens (primary N) is 1. The van der Waals surface area contributed by atoms with E-state index in [1.165, 1.54) is 4.90 Å². The van der Waals surface area contributed by atoms with Gasteiger partial charge in [-0.3, -0.25) is 19.3 Å². The highest BCUT2D eigenvalue weighted by atomic mass is 35.5. The van der Waals surface area contributed by atoms with Gasteiger partial charge in [-0.05, 0) is 48.0 Å². The fraction of sp³-hybridized carbons (Fsp3) is 0.192. The summed E-state index contributed by atoms with van der Waals surface area (Å²) in [5, 5.41) is 6.02. The first-order chi connectivity index (χ1) is 17.4. The van der Waals surface area contributed by atoms with Gasteiger partial charge in [0.15, 0.2) is 0 Å². The van der Waals surface area contributed by atoms with E-state index in [1.54, 1.807) is 66.7 Å². The van der Waals surface area contributed by atoms with Crippen LogP contribution in [0.1, 0.15) is 21.5 Å². The van der Waals surface area contributed by atoms with Crippen LogP contribution >= 0.6 is 11.6 Å². The quantitative estimate of drug-likeness (QED) is 0.442. The highest BCUT2D eigenvalue weighted by Gasteiger charge is 2.56. The molecule has 0 bridgehead atoms. The van der Waals surface area contributed by atoms with Gasteiger partial charge in [0, 0.05) is 22.7 Å². The highest BCUT2D eigenvalue weighted by Crippen LogP contribution is 2.46. The minimum atomic E-state index is -1.55. The number of nitrogens with zero attached hydrogens (tertiary/aromatic N) is 1. The number of nitrogens with one attached hydrogen (secondary N) is 2. The molecule has 1 saturated heterocycles. The van der Waals surface area contributed by atoms with Crippen LogP contribution in [0.15, 0.2) is 66.7 Å². The topological polar surface area (TPSA) is 123 Å². The van der Waals surface area contributed by atoms with Gasteiger partial charge in [0.1, 0.15) is 6.54 Å². The molecule has 10 heteroatoms. The number of fused-ring (bicyclic) bond motifs is 2. The third-order valence-corrected chi connectivity index (χ3v) is 6.28. The number of rotatable bonds is 6. The van der Waals surface area contributed by atoms with Crippen molar-refractivity contribution in [1.82, 2.24) is 5.32 Å². The van der Waals surface area contributed by atoms with Gasteiger partial charge < -0.3 is 25.8 Å². The minimum Gasteiger partial charge on any atom is -0.397 e. The number of ether oxygens (including phenoxy) is 2. The average Bonchev–Trinajstić information content (AvgIpc) is 3.45. The molecule has 184 valence electrons. The number of halogens is 1. The summed E-state index contributed by atoms with van der Waals surface area (Å²) in [6, 6.07) is 18.8. The first-order valence-electron chi connectivity index (χ1n) is 11.3. The van der Waals surface area contributed by atoms with Crippen molar-refractivity contribution < 1.29 is 23.9 Å². The maximum atomic E-state index is 13.2. The third kappa shape index (κ3) is 4.39. The smallest absolute Gasteiger partial charge is 0.293 e. The number of carbonyl (C=O) groups excluding carboxylic acids is 3. The fourth-order valence-corrected chi connectivity index (χ4v) is 4.41. The molecule has 9 nitrogen and oxygen atoms in total. The highest BCUT2D eigenvalue weighted by molar-refractivity contribution is 6.31. The van der Waals surface area contributed by atoms with E-state index >= 15 is 0 Å². The van der Waals surface area contributed by atoms with E-state index in [9.17, 15) is 14.4 Å². The molecule has 4 N–H and O–H groups in total. The van der Waals surface area contributed by atoms with Crippen LogP contribution in [0.2, 0.25) is 5.02 Å². The number of benzene rings is 3. The van der Waals surface area contributed by atoms with Gasteiger partial charge in [0.2, 0.25) is 5.91 Å². The number of hydrogen-bond acceptors (Lipinski definition) is 6. The molecule has 1 fully saturated rings. The van der Waals surface area contributed by atoms with Crippen molar-refractivity contribution in [3.8, 4) is 0 Å². The predicted molar refractivity (Wildman–Crippen MR) is 134 cm³/mol. The van der Waals surface area contributed by atoms with Crippen LogP contribution in [0.5, 0.6) is 0 Å². The summed E-state index contributed by atoms with van der Waals surface area (Å²) in [5.74, 6) is -2.66. The van der Waals surface area contributed by atoms with E-state index < -0.39 is 11.7 Å². The predicted octanol–water partition coefficient (Wildman–Crippen LogP) is 3.04. The van der Waals surface area contributed by atoms with E-state index in [0.717, 1.165) is 5.56 Å². The van der Waals surface area contributed by atoms with Crippen LogP contribution < -0.4 is 21.3 Å². The number of nitrogen functional groups attached to an aromatic ring is 1. The maximum absolute atomic E-state index is 13.2.